The number of benzene rings is 1. The third kappa shape index (κ3) is 2.60. The Labute approximate surface area is 99.6 Å². The molecule has 0 spiro atoms. The van der Waals surface area contributed by atoms with Crippen LogP contribution >= 0.6 is 0 Å². The van der Waals surface area contributed by atoms with Crippen molar-refractivity contribution >= 4 is 11.6 Å². The van der Waals surface area contributed by atoms with E-state index in [4.69, 9.17) is 0 Å². The van der Waals surface area contributed by atoms with Gasteiger partial charge in [-0.25, -0.2) is 4.98 Å². The molecule has 0 atom stereocenters. The summed E-state index contributed by atoms with van der Waals surface area (Å²) in [4.78, 5) is 15.4. The molecule has 0 saturated heterocycles. The number of amides is 1. The van der Waals surface area contributed by atoms with Crippen LogP contribution in [0.15, 0.2) is 43.4 Å². The third-order valence-electron chi connectivity index (χ3n) is 2.24. The van der Waals surface area contributed by atoms with E-state index in [1.807, 2.05) is 23.9 Å². The third-order valence-corrected chi connectivity index (χ3v) is 2.24. The SMILES string of the molecule is C=CC(=O)Nc1cc[c]c(-c2cn(C)cn2)c1. The highest BCUT2D eigenvalue weighted by Gasteiger charge is 2.03. The lowest BCUT2D eigenvalue weighted by Crippen LogP contribution is -2.06. The summed E-state index contributed by atoms with van der Waals surface area (Å²) in [7, 11) is 1.90. The molecule has 0 aliphatic rings. The summed E-state index contributed by atoms with van der Waals surface area (Å²) in [5, 5.41) is 2.70. The smallest absolute Gasteiger partial charge is 0.247 e. The Morgan fingerprint density at radius 3 is 3.12 bits per heavy atom. The number of hydrogen-bond donors (Lipinski definition) is 1. The molecule has 2 aromatic rings. The maximum atomic E-state index is 11.2. The molecule has 2 rings (SSSR count). The largest absolute Gasteiger partial charge is 0.340 e. The molecule has 0 aliphatic heterocycles. The molecule has 1 radical (unpaired) electrons. The normalized spacial score (nSPS) is 9.94. The minimum absolute atomic E-state index is 0.233. The standard InChI is InChI=1S/C13H12N3O/c1-3-13(17)15-11-6-4-5-10(7-11)12-8-16(2)9-14-12/h3-4,6-9H,1H2,2H3,(H,15,17). The summed E-state index contributed by atoms with van der Waals surface area (Å²) < 4.78 is 1.86. The first-order valence-electron chi connectivity index (χ1n) is 5.12. The monoisotopic (exact) mass is 226 g/mol. The van der Waals surface area contributed by atoms with Crippen LogP contribution in [-0.4, -0.2) is 15.5 Å². The number of imidazole rings is 1. The second-order valence-electron chi connectivity index (χ2n) is 3.61. The van der Waals surface area contributed by atoms with Gasteiger partial charge in [-0.1, -0.05) is 12.6 Å². The average Bonchev–Trinajstić information content (AvgIpc) is 2.76. The maximum absolute atomic E-state index is 11.2. The van der Waals surface area contributed by atoms with Gasteiger partial charge in [0.1, 0.15) is 0 Å². The maximum Gasteiger partial charge on any atom is 0.247 e. The molecule has 1 N–H and O–H groups in total. The number of nitrogens with one attached hydrogen (secondary N) is 1. The fourth-order valence-electron chi connectivity index (χ4n) is 1.44. The van der Waals surface area contributed by atoms with E-state index in [9.17, 15) is 4.79 Å². The van der Waals surface area contributed by atoms with Gasteiger partial charge in [-0.15, -0.1) is 0 Å². The van der Waals surface area contributed by atoms with Crippen LogP contribution in [0.25, 0.3) is 11.3 Å². The summed E-state index contributed by atoms with van der Waals surface area (Å²) in [6.45, 7) is 3.41. The van der Waals surface area contributed by atoms with Crippen LogP contribution in [0.3, 0.4) is 0 Å². The van der Waals surface area contributed by atoms with Crippen molar-refractivity contribution in [2.75, 3.05) is 5.32 Å². The summed E-state index contributed by atoms with van der Waals surface area (Å²) in [5.74, 6) is -0.233. The number of carbonyl (C=O) groups is 1. The lowest BCUT2D eigenvalue weighted by Gasteiger charge is -2.03. The van der Waals surface area contributed by atoms with Gasteiger partial charge in [-0.2, -0.15) is 0 Å². The molecule has 85 valence electrons. The van der Waals surface area contributed by atoms with Crippen LogP contribution in [-0.2, 0) is 11.8 Å². The van der Waals surface area contributed by atoms with Crippen molar-refractivity contribution in [3.8, 4) is 11.3 Å². The summed E-state index contributed by atoms with van der Waals surface area (Å²) in [6.07, 6.45) is 4.85. The molecule has 1 amide bonds. The van der Waals surface area contributed by atoms with E-state index >= 15 is 0 Å². The van der Waals surface area contributed by atoms with Gasteiger partial charge >= 0.3 is 0 Å². The Morgan fingerprint density at radius 1 is 1.65 bits per heavy atom. The molecular formula is C13H12N3O. The zero-order valence-corrected chi connectivity index (χ0v) is 9.47. The van der Waals surface area contributed by atoms with Crippen LogP contribution < -0.4 is 5.32 Å². The van der Waals surface area contributed by atoms with Crippen LogP contribution in [0.1, 0.15) is 0 Å². The van der Waals surface area contributed by atoms with Crippen molar-refractivity contribution in [2.24, 2.45) is 7.05 Å². The van der Waals surface area contributed by atoms with Gasteiger partial charge in [-0.3, -0.25) is 4.79 Å². The van der Waals surface area contributed by atoms with E-state index in [2.05, 4.69) is 22.9 Å². The van der Waals surface area contributed by atoms with Crippen LogP contribution in [0, 0.1) is 6.07 Å². The fraction of sp³-hybridized carbons (Fsp3) is 0.0769. The number of hydrogen-bond acceptors (Lipinski definition) is 2. The van der Waals surface area contributed by atoms with Crippen LogP contribution in [0.2, 0.25) is 0 Å². The van der Waals surface area contributed by atoms with Gasteiger partial charge in [0.15, 0.2) is 0 Å². The number of aromatic nitrogens is 2. The predicted molar refractivity (Wildman–Crippen MR) is 66.3 cm³/mol. The van der Waals surface area contributed by atoms with E-state index < -0.39 is 0 Å². The van der Waals surface area contributed by atoms with E-state index in [1.165, 1.54) is 6.08 Å². The Kier molecular flexibility index (Phi) is 3.05. The topological polar surface area (TPSA) is 46.9 Å². The highest BCUT2D eigenvalue weighted by atomic mass is 16.1. The number of nitrogens with zero attached hydrogens (tertiary/aromatic N) is 2. The molecule has 1 heterocycles. The number of rotatable bonds is 3. The molecule has 4 nitrogen and oxygen atoms in total. The van der Waals surface area contributed by atoms with Gasteiger partial charge in [0.25, 0.3) is 0 Å². The summed E-state index contributed by atoms with van der Waals surface area (Å²) in [5.41, 5.74) is 2.36. The number of aryl methyl sites for hydroxylation is 1. The van der Waals surface area contributed by atoms with E-state index in [0.717, 1.165) is 11.3 Å². The first-order chi connectivity index (χ1) is 8.19. The van der Waals surface area contributed by atoms with E-state index in [-0.39, 0.29) is 5.91 Å². The molecule has 0 saturated carbocycles. The van der Waals surface area contributed by atoms with Gasteiger partial charge in [0.2, 0.25) is 5.91 Å². The van der Waals surface area contributed by atoms with Gasteiger partial charge in [-0.05, 0) is 24.3 Å². The Hall–Kier alpha value is -2.36. The molecule has 17 heavy (non-hydrogen) atoms. The van der Waals surface area contributed by atoms with Crippen molar-refractivity contribution in [3.63, 3.8) is 0 Å². The lowest BCUT2D eigenvalue weighted by atomic mass is 10.1. The van der Waals surface area contributed by atoms with E-state index in [1.54, 1.807) is 18.5 Å². The van der Waals surface area contributed by atoms with Gasteiger partial charge in [0.05, 0.1) is 12.0 Å². The van der Waals surface area contributed by atoms with Crippen molar-refractivity contribution in [3.05, 3.63) is 49.4 Å². The Morgan fingerprint density at radius 2 is 2.47 bits per heavy atom. The first kappa shape index (κ1) is 11.1. The Balaban J connectivity index is 2.28. The number of carbonyl (C=O) groups excluding carboxylic acids is 1. The van der Waals surface area contributed by atoms with Crippen LogP contribution in [0.4, 0.5) is 5.69 Å². The highest BCUT2D eigenvalue weighted by molar-refractivity contribution is 5.99. The Bertz CT molecular complexity index is 557. The quantitative estimate of drug-likeness (QED) is 0.814. The molecule has 1 aromatic carbocycles. The predicted octanol–water partition coefficient (Wildman–Crippen LogP) is 2.01. The average molecular weight is 226 g/mol. The minimum atomic E-state index is -0.233. The zero-order chi connectivity index (χ0) is 12.3. The highest BCUT2D eigenvalue weighted by Crippen LogP contribution is 2.20. The summed E-state index contributed by atoms with van der Waals surface area (Å²) >= 11 is 0. The molecular weight excluding hydrogens is 214 g/mol. The van der Waals surface area contributed by atoms with Crippen molar-refractivity contribution in [2.45, 2.75) is 0 Å². The molecule has 0 unspecified atom stereocenters. The lowest BCUT2D eigenvalue weighted by molar-refractivity contribution is -0.111. The first-order valence-corrected chi connectivity index (χ1v) is 5.12. The zero-order valence-electron chi connectivity index (χ0n) is 9.47. The van der Waals surface area contributed by atoms with Crippen LogP contribution in [0.5, 0.6) is 0 Å². The molecule has 4 heteroatoms. The minimum Gasteiger partial charge on any atom is -0.340 e. The van der Waals surface area contributed by atoms with Crippen molar-refractivity contribution in [1.82, 2.24) is 9.55 Å². The molecule has 1 aromatic heterocycles. The number of anilines is 1. The second-order valence-corrected chi connectivity index (χ2v) is 3.61. The summed E-state index contributed by atoms with van der Waals surface area (Å²) in [6, 6.07) is 8.42. The molecule has 0 bridgehead atoms. The van der Waals surface area contributed by atoms with E-state index in [0.29, 0.717) is 5.69 Å². The van der Waals surface area contributed by atoms with Gasteiger partial charge in [0, 0.05) is 24.5 Å². The molecule has 0 aliphatic carbocycles. The fourth-order valence-corrected chi connectivity index (χ4v) is 1.44. The second kappa shape index (κ2) is 4.65. The van der Waals surface area contributed by atoms with Crippen molar-refractivity contribution in [1.29, 1.82) is 0 Å². The van der Waals surface area contributed by atoms with Crippen molar-refractivity contribution < 1.29 is 4.79 Å². The molecule has 0 fully saturated rings. The van der Waals surface area contributed by atoms with Gasteiger partial charge < -0.3 is 9.88 Å².